The van der Waals surface area contributed by atoms with Gasteiger partial charge in [0, 0.05) is 5.56 Å². The molecule has 0 spiro atoms. The van der Waals surface area contributed by atoms with Gasteiger partial charge in [-0.05, 0) is 31.3 Å². The summed E-state index contributed by atoms with van der Waals surface area (Å²) in [5, 5.41) is 2.62. The summed E-state index contributed by atoms with van der Waals surface area (Å²) in [5.74, 6) is 0.958. The Labute approximate surface area is 94.9 Å². The van der Waals surface area contributed by atoms with Gasteiger partial charge in [-0.3, -0.25) is 4.79 Å². The molecule has 16 heavy (non-hydrogen) atoms. The van der Waals surface area contributed by atoms with Crippen molar-refractivity contribution in [1.29, 1.82) is 0 Å². The first-order valence-electron chi connectivity index (χ1n) is 4.87. The van der Waals surface area contributed by atoms with Crippen LogP contribution in [0, 0.1) is 0 Å². The number of amides is 1. The van der Waals surface area contributed by atoms with Crippen molar-refractivity contribution < 1.29 is 14.3 Å². The summed E-state index contributed by atoms with van der Waals surface area (Å²) in [6.45, 7) is 1.83. The Kier molecular flexibility index (Phi) is 4.39. The van der Waals surface area contributed by atoms with Crippen LogP contribution >= 0.6 is 0 Å². The third kappa shape index (κ3) is 2.76. The van der Waals surface area contributed by atoms with E-state index in [1.165, 1.54) is 7.11 Å². The van der Waals surface area contributed by atoms with Crippen molar-refractivity contribution in [2.45, 2.75) is 6.92 Å². The fourth-order valence-corrected chi connectivity index (χ4v) is 1.22. The second kappa shape index (κ2) is 5.80. The van der Waals surface area contributed by atoms with Crippen LogP contribution in [0.15, 0.2) is 30.5 Å². The van der Waals surface area contributed by atoms with Crippen molar-refractivity contribution in [3.63, 3.8) is 0 Å². The molecule has 1 aromatic carbocycles. The van der Waals surface area contributed by atoms with Crippen molar-refractivity contribution in [3.8, 4) is 11.5 Å². The normalized spacial score (nSPS) is 10.2. The Bertz CT molecular complexity index is 399. The molecule has 0 aliphatic heterocycles. The minimum absolute atomic E-state index is 0.181. The third-order valence-corrected chi connectivity index (χ3v) is 2.03. The van der Waals surface area contributed by atoms with Gasteiger partial charge in [-0.25, -0.2) is 0 Å². The van der Waals surface area contributed by atoms with E-state index in [9.17, 15) is 4.79 Å². The summed E-state index contributed by atoms with van der Waals surface area (Å²) in [7, 11) is 3.09. The molecule has 0 unspecified atom stereocenters. The van der Waals surface area contributed by atoms with Crippen LogP contribution in [0.5, 0.6) is 11.5 Å². The smallest absolute Gasteiger partial charge is 0.255 e. The number of hydrogen-bond donors (Lipinski definition) is 1. The van der Waals surface area contributed by atoms with Crippen LogP contribution in [-0.4, -0.2) is 20.1 Å². The molecule has 0 aliphatic carbocycles. The maximum absolute atomic E-state index is 11.6. The number of carbonyl (C=O) groups is 1. The Hall–Kier alpha value is -1.97. The standard InChI is InChI=1S/C12H15NO3/c1-4-7-13-12(14)9-5-6-10(15-2)11(8-9)16-3/h4-8H,1-3H3,(H,13,14)/b7-4+. The Morgan fingerprint density at radius 3 is 2.50 bits per heavy atom. The molecule has 0 saturated heterocycles. The van der Waals surface area contributed by atoms with Gasteiger partial charge in [-0.15, -0.1) is 0 Å². The van der Waals surface area contributed by atoms with Crippen LogP contribution in [0.25, 0.3) is 0 Å². The van der Waals surface area contributed by atoms with E-state index in [2.05, 4.69) is 5.32 Å². The summed E-state index contributed by atoms with van der Waals surface area (Å²) >= 11 is 0. The molecular weight excluding hydrogens is 206 g/mol. The van der Waals surface area contributed by atoms with Crippen molar-refractivity contribution in [3.05, 3.63) is 36.0 Å². The summed E-state index contributed by atoms with van der Waals surface area (Å²) in [5.41, 5.74) is 0.524. The van der Waals surface area contributed by atoms with Gasteiger partial charge in [0.15, 0.2) is 11.5 Å². The highest BCUT2D eigenvalue weighted by Gasteiger charge is 2.09. The zero-order valence-corrected chi connectivity index (χ0v) is 9.61. The predicted octanol–water partition coefficient (Wildman–Crippen LogP) is 1.97. The van der Waals surface area contributed by atoms with E-state index in [4.69, 9.17) is 9.47 Å². The Morgan fingerprint density at radius 2 is 1.94 bits per heavy atom. The van der Waals surface area contributed by atoms with Crippen LogP contribution in [0.2, 0.25) is 0 Å². The highest BCUT2D eigenvalue weighted by atomic mass is 16.5. The summed E-state index contributed by atoms with van der Waals surface area (Å²) in [6, 6.07) is 5.02. The van der Waals surface area contributed by atoms with Crippen LogP contribution < -0.4 is 14.8 Å². The minimum Gasteiger partial charge on any atom is -0.493 e. The van der Waals surface area contributed by atoms with E-state index >= 15 is 0 Å². The monoisotopic (exact) mass is 221 g/mol. The minimum atomic E-state index is -0.181. The molecule has 4 nitrogen and oxygen atoms in total. The number of ether oxygens (including phenoxy) is 2. The SMILES string of the molecule is C/C=C/NC(=O)c1ccc(OC)c(OC)c1. The fraction of sp³-hybridized carbons (Fsp3) is 0.250. The molecule has 0 radical (unpaired) electrons. The van der Waals surface area contributed by atoms with E-state index < -0.39 is 0 Å². The molecule has 0 heterocycles. The number of benzene rings is 1. The van der Waals surface area contributed by atoms with E-state index in [0.717, 1.165) is 0 Å². The lowest BCUT2D eigenvalue weighted by Gasteiger charge is -2.08. The quantitative estimate of drug-likeness (QED) is 0.845. The molecule has 0 bridgehead atoms. The second-order valence-electron chi connectivity index (χ2n) is 3.04. The first-order valence-corrected chi connectivity index (χ1v) is 4.87. The largest absolute Gasteiger partial charge is 0.493 e. The maximum Gasteiger partial charge on any atom is 0.255 e. The van der Waals surface area contributed by atoms with Gasteiger partial charge in [-0.1, -0.05) is 6.08 Å². The Morgan fingerprint density at radius 1 is 1.25 bits per heavy atom. The highest BCUT2D eigenvalue weighted by Crippen LogP contribution is 2.27. The van der Waals surface area contributed by atoms with Crippen LogP contribution in [0.1, 0.15) is 17.3 Å². The molecule has 1 rings (SSSR count). The lowest BCUT2D eigenvalue weighted by atomic mass is 10.2. The van der Waals surface area contributed by atoms with Crippen LogP contribution in [0.3, 0.4) is 0 Å². The molecule has 4 heteroatoms. The molecular formula is C12H15NO3. The number of carbonyl (C=O) groups excluding carboxylic acids is 1. The molecule has 0 fully saturated rings. The summed E-state index contributed by atoms with van der Waals surface area (Å²) in [6.07, 6.45) is 3.33. The Balaban J connectivity index is 2.94. The van der Waals surface area contributed by atoms with Crippen LogP contribution in [0.4, 0.5) is 0 Å². The molecule has 0 aliphatic rings. The van der Waals surface area contributed by atoms with Crippen molar-refractivity contribution in [1.82, 2.24) is 5.32 Å². The molecule has 1 amide bonds. The molecule has 0 atom stereocenters. The summed E-state index contributed by atoms with van der Waals surface area (Å²) < 4.78 is 10.2. The number of hydrogen-bond acceptors (Lipinski definition) is 3. The van der Waals surface area contributed by atoms with Gasteiger partial charge in [-0.2, -0.15) is 0 Å². The molecule has 1 N–H and O–H groups in total. The first-order chi connectivity index (χ1) is 7.72. The molecule has 0 aromatic heterocycles. The lowest BCUT2D eigenvalue weighted by Crippen LogP contribution is -2.16. The first kappa shape index (κ1) is 12.1. The highest BCUT2D eigenvalue weighted by molar-refractivity contribution is 5.95. The van der Waals surface area contributed by atoms with Crippen molar-refractivity contribution in [2.75, 3.05) is 14.2 Å². The fourth-order valence-electron chi connectivity index (χ4n) is 1.22. The van der Waals surface area contributed by atoms with E-state index in [0.29, 0.717) is 17.1 Å². The summed E-state index contributed by atoms with van der Waals surface area (Å²) in [4.78, 5) is 11.6. The van der Waals surface area contributed by atoms with E-state index in [1.807, 2.05) is 6.92 Å². The lowest BCUT2D eigenvalue weighted by molar-refractivity contribution is 0.0969. The predicted molar refractivity (Wildman–Crippen MR) is 61.8 cm³/mol. The van der Waals surface area contributed by atoms with Gasteiger partial charge in [0.2, 0.25) is 0 Å². The van der Waals surface area contributed by atoms with Gasteiger partial charge in [0.25, 0.3) is 5.91 Å². The average molecular weight is 221 g/mol. The molecule has 86 valence electrons. The number of allylic oxidation sites excluding steroid dienone is 1. The number of methoxy groups -OCH3 is 2. The van der Waals surface area contributed by atoms with Gasteiger partial charge in [0.05, 0.1) is 14.2 Å². The van der Waals surface area contributed by atoms with Gasteiger partial charge < -0.3 is 14.8 Å². The molecule has 0 saturated carbocycles. The average Bonchev–Trinajstić information content (AvgIpc) is 2.34. The maximum atomic E-state index is 11.6. The number of nitrogens with one attached hydrogen (secondary N) is 1. The zero-order chi connectivity index (χ0) is 12.0. The van der Waals surface area contributed by atoms with Crippen molar-refractivity contribution >= 4 is 5.91 Å². The third-order valence-electron chi connectivity index (χ3n) is 2.03. The van der Waals surface area contributed by atoms with Crippen LogP contribution in [-0.2, 0) is 0 Å². The second-order valence-corrected chi connectivity index (χ2v) is 3.04. The topological polar surface area (TPSA) is 47.6 Å². The van der Waals surface area contributed by atoms with E-state index in [1.54, 1.807) is 37.6 Å². The molecule has 1 aromatic rings. The van der Waals surface area contributed by atoms with Gasteiger partial charge in [0.1, 0.15) is 0 Å². The van der Waals surface area contributed by atoms with Gasteiger partial charge >= 0.3 is 0 Å². The zero-order valence-electron chi connectivity index (χ0n) is 9.61. The van der Waals surface area contributed by atoms with Crippen molar-refractivity contribution in [2.24, 2.45) is 0 Å². The van der Waals surface area contributed by atoms with E-state index in [-0.39, 0.29) is 5.91 Å². The number of rotatable bonds is 4.